The van der Waals surface area contributed by atoms with Crippen molar-refractivity contribution in [3.8, 4) is 16.9 Å². The lowest BCUT2D eigenvalue weighted by Gasteiger charge is -2.20. The number of carboxylic acids is 1. The second kappa shape index (κ2) is 8.52. The summed E-state index contributed by atoms with van der Waals surface area (Å²) in [6, 6.07) is 20.2. The largest absolute Gasteiger partial charge is 0.507 e. The minimum absolute atomic E-state index is 0.0345. The van der Waals surface area contributed by atoms with Crippen LogP contribution < -0.4 is 5.32 Å². The molecular formula is C25H23NO5. The van der Waals surface area contributed by atoms with E-state index in [9.17, 15) is 19.8 Å². The summed E-state index contributed by atoms with van der Waals surface area (Å²) in [5.41, 5.74) is 5.38. The molecule has 6 nitrogen and oxygen atoms in total. The van der Waals surface area contributed by atoms with E-state index >= 15 is 0 Å². The first-order chi connectivity index (χ1) is 15.0. The van der Waals surface area contributed by atoms with Gasteiger partial charge in [0.05, 0.1) is 12.5 Å². The molecule has 31 heavy (non-hydrogen) atoms. The lowest BCUT2D eigenvalue weighted by atomic mass is 9.98. The lowest BCUT2D eigenvalue weighted by molar-refractivity contribution is -0.137. The molecule has 1 aliphatic rings. The number of carboxylic acid groups (broad SMARTS) is 1. The van der Waals surface area contributed by atoms with E-state index in [1.165, 1.54) is 0 Å². The smallest absolute Gasteiger partial charge is 0.407 e. The summed E-state index contributed by atoms with van der Waals surface area (Å²) in [6.45, 7) is 1.84. The van der Waals surface area contributed by atoms with Crippen molar-refractivity contribution in [3.05, 3.63) is 89.0 Å². The Kier molecular flexibility index (Phi) is 5.62. The molecule has 1 amide bonds. The van der Waals surface area contributed by atoms with E-state index in [1.807, 2.05) is 36.4 Å². The molecule has 1 atom stereocenters. The number of hydrogen-bond donors (Lipinski definition) is 3. The molecule has 6 heteroatoms. The Balaban J connectivity index is 1.50. The summed E-state index contributed by atoms with van der Waals surface area (Å²) in [7, 11) is 0. The van der Waals surface area contributed by atoms with Crippen molar-refractivity contribution in [2.24, 2.45) is 0 Å². The van der Waals surface area contributed by atoms with Gasteiger partial charge in [-0.3, -0.25) is 4.79 Å². The zero-order chi connectivity index (χ0) is 22.0. The average Bonchev–Trinajstić information content (AvgIpc) is 3.07. The van der Waals surface area contributed by atoms with E-state index in [4.69, 9.17) is 4.74 Å². The molecule has 1 aliphatic carbocycles. The maximum absolute atomic E-state index is 12.6. The van der Waals surface area contributed by atoms with Crippen LogP contribution in [0.5, 0.6) is 5.75 Å². The Morgan fingerprint density at radius 2 is 1.58 bits per heavy atom. The maximum atomic E-state index is 12.6. The summed E-state index contributed by atoms with van der Waals surface area (Å²) in [5.74, 6) is -1.22. The summed E-state index contributed by atoms with van der Waals surface area (Å²) in [4.78, 5) is 23.9. The van der Waals surface area contributed by atoms with Gasteiger partial charge in [-0.15, -0.1) is 0 Å². The highest BCUT2D eigenvalue weighted by Crippen LogP contribution is 2.44. The quantitative estimate of drug-likeness (QED) is 0.538. The van der Waals surface area contributed by atoms with E-state index in [0.717, 1.165) is 22.3 Å². The number of benzene rings is 3. The number of alkyl carbamates (subject to hydrolysis) is 1. The van der Waals surface area contributed by atoms with Crippen LogP contribution in [0.3, 0.4) is 0 Å². The van der Waals surface area contributed by atoms with Crippen LogP contribution in [-0.4, -0.2) is 28.9 Å². The fourth-order valence-corrected chi connectivity index (χ4v) is 4.16. The first-order valence-electron chi connectivity index (χ1n) is 10.1. The van der Waals surface area contributed by atoms with Crippen molar-refractivity contribution in [1.29, 1.82) is 0 Å². The molecule has 0 radical (unpaired) electrons. The number of aliphatic carboxylic acids is 1. The number of aryl methyl sites for hydroxylation is 1. The second-order valence-electron chi connectivity index (χ2n) is 7.63. The zero-order valence-electron chi connectivity index (χ0n) is 17.0. The molecule has 0 saturated carbocycles. The van der Waals surface area contributed by atoms with Crippen molar-refractivity contribution in [2.75, 3.05) is 6.61 Å². The van der Waals surface area contributed by atoms with Crippen molar-refractivity contribution in [2.45, 2.75) is 25.3 Å². The van der Waals surface area contributed by atoms with Crippen molar-refractivity contribution in [1.82, 2.24) is 5.32 Å². The number of carbonyl (C=O) groups excluding carboxylic acids is 1. The number of amides is 1. The van der Waals surface area contributed by atoms with Crippen molar-refractivity contribution in [3.63, 3.8) is 0 Å². The van der Waals surface area contributed by atoms with Gasteiger partial charge in [0.15, 0.2) is 0 Å². The molecule has 0 saturated heterocycles. The molecule has 0 fully saturated rings. The zero-order valence-corrected chi connectivity index (χ0v) is 17.0. The van der Waals surface area contributed by atoms with Gasteiger partial charge in [0.1, 0.15) is 12.4 Å². The highest BCUT2D eigenvalue weighted by molar-refractivity contribution is 5.79. The number of phenolic OH excluding ortho intramolecular Hbond substituents is 1. The summed E-state index contributed by atoms with van der Waals surface area (Å²) in [5, 5.41) is 22.2. The van der Waals surface area contributed by atoms with E-state index in [0.29, 0.717) is 11.1 Å². The molecule has 0 aromatic heterocycles. The first kappa shape index (κ1) is 20.5. The van der Waals surface area contributed by atoms with Gasteiger partial charge in [0.2, 0.25) is 0 Å². The number of phenols is 1. The predicted octanol–water partition coefficient (Wildman–Crippen LogP) is 4.76. The second-order valence-corrected chi connectivity index (χ2v) is 7.63. The number of hydrogen-bond acceptors (Lipinski definition) is 4. The molecule has 1 unspecified atom stereocenters. The Hall–Kier alpha value is -3.80. The third-order valence-corrected chi connectivity index (χ3v) is 5.66. The lowest BCUT2D eigenvalue weighted by Crippen LogP contribution is -2.31. The number of fused-ring (bicyclic) bond motifs is 3. The molecule has 3 aromatic rings. The summed E-state index contributed by atoms with van der Waals surface area (Å²) >= 11 is 0. The van der Waals surface area contributed by atoms with Gasteiger partial charge < -0.3 is 20.3 Å². The molecular weight excluding hydrogens is 394 g/mol. The monoisotopic (exact) mass is 417 g/mol. The molecule has 0 spiro atoms. The van der Waals surface area contributed by atoms with Crippen LogP contribution in [0.1, 0.15) is 40.6 Å². The molecule has 0 heterocycles. The topological polar surface area (TPSA) is 95.9 Å². The van der Waals surface area contributed by atoms with Crippen molar-refractivity contribution >= 4 is 12.1 Å². The number of carbonyl (C=O) groups is 2. The minimum atomic E-state index is -1.09. The van der Waals surface area contributed by atoms with Gasteiger partial charge in [-0.1, -0.05) is 66.7 Å². The molecule has 0 aliphatic heterocycles. The number of nitrogens with one attached hydrogen (secondary N) is 1. The Morgan fingerprint density at radius 3 is 2.19 bits per heavy atom. The van der Waals surface area contributed by atoms with Crippen LogP contribution in [-0.2, 0) is 9.53 Å². The maximum Gasteiger partial charge on any atom is 0.407 e. The van der Waals surface area contributed by atoms with E-state index in [1.54, 1.807) is 25.1 Å². The van der Waals surface area contributed by atoms with Crippen LogP contribution >= 0.6 is 0 Å². The van der Waals surface area contributed by atoms with Gasteiger partial charge in [0.25, 0.3) is 0 Å². The van der Waals surface area contributed by atoms with Crippen LogP contribution in [0.25, 0.3) is 11.1 Å². The predicted molar refractivity (Wildman–Crippen MR) is 116 cm³/mol. The van der Waals surface area contributed by atoms with Gasteiger partial charge in [-0.2, -0.15) is 0 Å². The van der Waals surface area contributed by atoms with E-state index < -0.39 is 18.1 Å². The molecule has 0 bridgehead atoms. The van der Waals surface area contributed by atoms with E-state index in [-0.39, 0.29) is 24.7 Å². The average molecular weight is 417 g/mol. The Bertz CT molecular complexity index is 1090. The number of para-hydroxylation sites is 1. The highest BCUT2D eigenvalue weighted by atomic mass is 16.5. The van der Waals surface area contributed by atoms with Crippen molar-refractivity contribution < 1.29 is 24.5 Å². The number of aromatic hydroxyl groups is 1. The number of rotatable bonds is 6. The summed E-state index contributed by atoms with van der Waals surface area (Å²) < 4.78 is 5.52. The number of ether oxygens (including phenoxy) is 1. The third-order valence-electron chi connectivity index (χ3n) is 5.66. The van der Waals surface area contributed by atoms with Crippen LogP contribution in [0.2, 0.25) is 0 Å². The summed E-state index contributed by atoms with van der Waals surface area (Å²) in [6.07, 6.45) is -1.10. The van der Waals surface area contributed by atoms with Crippen LogP contribution in [0.15, 0.2) is 66.7 Å². The van der Waals surface area contributed by atoms with Gasteiger partial charge in [-0.25, -0.2) is 4.79 Å². The SMILES string of the molecule is Cc1cccc(C(CC(=O)O)NC(=O)OCC2c3ccccc3-c3ccccc32)c1O. The first-order valence-corrected chi connectivity index (χ1v) is 10.1. The van der Waals surface area contributed by atoms with E-state index in [2.05, 4.69) is 17.4 Å². The Morgan fingerprint density at radius 1 is 0.968 bits per heavy atom. The van der Waals surface area contributed by atoms with Crippen LogP contribution in [0, 0.1) is 6.92 Å². The van der Waals surface area contributed by atoms with Gasteiger partial charge in [0, 0.05) is 11.5 Å². The van der Waals surface area contributed by atoms with Crippen LogP contribution in [0.4, 0.5) is 4.79 Å². The fraction of sp³-hybridized carbons (Fsp3) is 0.200. The standard InChI is InChI=1S/C25H23NO5/c1-15-7-6-12-20(24(15)29)22(13-23(27)28)26-25(30)31-14-21-18-10-4-2-8-16(18)17-9-3-5-11-19(17)21/h2-12,21-22,29H,13-14H2,1H3,(H,26,30)(H,27,28). The molecule has 158 valence electrons. The normalized spacial score (nSPS) is 13.2. The molecule has 4 rings (SSSR count). The highest BCUT2D eigenvalue weighted by Gasteiger charge is 2.29. The molecule has 3 N–H and O–H groups in total. The minimum Gasteiger partial charge on any atom is -0.507 e. The fourth-order valence-electron chi connectivity index (χ4n) is 4.16. The Labute approximate surface area is 180 Å². The van der Waals surface area contributed by atoms with Gasteiger partial charge in [-0.05, 0) is 34.7 Å². The van der Waals surface area contributed by atoms with Gasteiger partial charge >= 0.3 is 12.1 Å². The molecule has 3 aromatic carbocycles. The third kappa shape index (κ3) is 4.10.